The van der Waals surface area contributed by atoms with Crippen molar-refractivity contribution < 1.29 is 4.79 Å². The number of aryl methyl sites for hydroxylation is 1. The van der Waals surface area contributed by atoms with Crippen molar-refractivity contribution in [2.24, 2.45) is 0 Å². The molecule has 3 rings (SSSR count). The van der Waals surface area contributed by atoms with Gasteiger partial charge in [-0.2, -0.15) is 0 Å². The van der Waals surface area contributed by atoms with E-state index in [0.29, 0.717) is 13.1 Å². The molecule has 0 saturated heterocycles. The summed E-state index contributed by atoms with van der Waals surface area (Å²) in [6, 6.07) is 14.2. The zero-order valence-corrected chi connectivity index (χ0v) is 15.8. The van der Waals surface area contributed by atoms with Crippen LogP contribution in [-0.4, -0.2) is 36.6 Å². The highest BCUT2D eigenvalue weighted by molar-refractivity contribution is 5.90. The molecule has 1 aromatic heterocycles. The molecule has 26 heavy (non-hydrogen) atoms. The second kappa shape index (κ2) is 7.52. The van der Waals surface area contributed by atoms with Gasteiger partial charge in [-0.1, -0.05) is 6.07 Å². The van der Waals surface area contributed by atoms with E-state index >= 15 is 0 Å². The van der Waals surface area contributed by atoms with Gasteiger partial charge in [0.15, 0.2) is 0 Å². The fourth-order valence-electron chi connectivity index (χ4n) is 3.19. The minimum absolute atomic E-state index is 0.0846. The standard InChI is InChI=1S/C21H26N4O/c1-5-25(14-16-6-8-19-17(13-16)10-11-22-19)21(26)23-18-7-9-20(24(3)4)15(2)12-18/h6-13,22H,5,14H2,1-4H3,(H,23,26). The molecule has 5 nitrogen and oxygen atoms in total. The van der Waals surface area contributed by atoms with E-state index in [2.05, 4.69) is 40.3 Å². The average molecular weight is 350 g/mol. The van der Waals surface area contributed by atoms with Crippen LogP contribution < -0.4 is 10.2 Å². The van der Waals surface area contributed by atoms with Crippen LogP contribution in [0.25, 0.3) is 10.9 Å². The molecule has 0 aliphatic rings. The summed E-state index contributed by atoms with van der Waals surface area (Å²) in [6.45, 7) is 5.27. The number of H-pyrrole nitrogens is 1. The van der Waals surface area contributed by atoms with Gasteiger partial charge in [0.05, 0.1) is 0 Å². The van der Waals surface area contributed by atoms with Crippen LogP contribution in [0, 0.1) is 6.92 Å². The van der Waals surface area contributed by atoms with E-state index in [0.717, 1.165) is 33.4 Å². The average Bonchev–Trinajstić information content (AvgIpc) is 3.07. The van der Waals surface area contributed by atoms with E-state index < -0.39 is 0 Å². The lowest BCUT2D eigenvalue weighted by molar-refractivity contribution is 0.212. The van der Waals surface area contributed by atoms with Crippen molar-refractivity contribution in [1.29, 1.82) is 0 Å². The van der Waals surface area contributed by atoms with Crippen molar-refractivity contribution in [1.82, 2.24) is 9.88 Å². The Morgan fingerprint density at radius 2 is 1.92 bits per heavy atom. The molecule has 3 aromatic rings. The second-order valence-electron chi connectivity index (χ2n) is 6.74. The molecule has 136 valence electrons. The number of anilines is 2. The number of carbonyl (C=O) groups is 1. The summed E-state index contributed by atoms with van der Waals surface area (Å²) < 4.78 is 0. The Morgan fingerprint density at radius 1 is 1.12 bits per heavy atom. The summed E-state index contributed by atoms with van der Waals surface area (Å²) in [6.07, 6.45) is 1.93. The van der Waals surface area contributed by atoms with Crippen molar-refractivity contribution in [2.75, 3.05) is 30.9 Å². The predicted molar refractivity (Wildman–Crippen MR) is 109 cm³/mol. The number of nitrogens with one attached hydrogen (secondary N) is 2. The number of carbonyl (C=O) groups excluding carboxylic acids is 1. The van der Waals surface area contributed by atoms with Gasteiger partial charge in [-0.05, 0) is 66.8 Å². The molecular weight excluding hydrogens is 324 g/mol. The first-order chi connectivity index (χ1) is 12.5. The fourth-order valence-corrected chi connectivity index (χ4v) is 3.19. The summed E-state index contributed by atoms with van der Waals surface area (Å²) in [7, 11) is 4.03. The molecule has 5 heteroatoms. The summed E-state index contributed by atoms with van der Waals surface area (Å²) in [4.78, 5) is 19.8. The van der Waals surface area contributed by atoms with Crippen LogP contribution in [-0.2, 0) is 6.54 Å². The topological polar surface area (TPSA) is 51.4 Å². The molecule has 0 radical (unpaired) electrons. The molecule has 0 atom stereocenters. The van der Waals surface area contributed by atoms with E-state index in [1.807, 2.05) is 56.4 Å². The largest absolute Gasteiger partial charge is 0.377 e. The summed E-state index contributed by atoms with van der Waals surface area (Å²) >= 11 is 0. The maximum absolute atomic E-state index is 12.7. The zero-order valence-electron chi connectivity index (χ0n) is 15.8. The summed E-state index contributed by atoms with van der Waals surface area (Å²) in [5.74, 6) is 0. The number of aromatic nitrogens is 1. The molecule has 2 N–H and O–H groups in total. The number of hydrogen-bond donors (Lipinski definition) is 2. The molecule has 2 amide bonds. The van der Waals surface area contributed by atoms with Gasteiger partial charge in [0.1, 0.15) is 0 Å². The van der Waals surface area contributed by atoms with Gasteiger partial charge < -0.3 is 20.1 Å². The molecule has 2 aromatic carbocycles. The lowest BCUT2D eigenvalue weighted by Gasteiger charge is -2.22. The third-order valence-corrected chi connectivity index (χ3v) is 4.59. The highest BCUT2D eigenvalue weighted by Crippen LogP contribution is 2.22. The Morgan fingerprint density at radius 3 is 2.62 bits per heavy atom. The van der Waals surface area contributed by atoms with Crippen LogP contribution in [0.5, 0.6) is 0 Å². The van der Waals surface area contributed by atoms with Crippen molar-refractivity contribution in [3.8, 4) is 0 Å². The quantitative estimate of drug-likeness (QED) is 0.707. The van der Waals surface area contributed by atoms with Crippen LogP contribution in [0.15, 0.2) is 48.7 Å². The molecule has 0 fully saturated rings. The van der Waals surface area contributed by atoms with E-state index in [9.17, 15) is 4.79 Å². The molecular formula is C21H26N4O. The lowest BCUT2D eigenvalue weighted by Crippen LogP contribution is -2.34. The molecule has 0 unspecified atom stereocenters. The maximum atomic E-state index is 12.7. The minimum atomic E-state index is -0.0846. The molecule has 0 spiro atoms. The number of hydrogen-bond acceptors (Lipinski definition) is 2. The first-order valence-electron chi connectivity index (χ1n) is 8.88. The molecule has 0 aliphatic heterocycles. The van der Waals surface area contributed by atoms with Crippen molar-refractivity contribution in [3.05, 3.63) is 59.8 Å². The SMILES string of the molecule is CCN(Cc1ccc2[nH]ccc2c1)C(=O)Nc1ccc(N(C)C)c(C)c1. The van der Waals surface area contributed by atoms with Gasteiger partial charge in [-0.3, -0.25) is 0 Å². The van der Waals surface area contributed by atoms with E-state index in [1.54, 1.807) is 0 Å². The van der Waals surface area contributed by atoms with Gasteiger partial charge >= 0.3 is 6.03 Å². The molecule has 0 saturated carbocycles. The number of aromatic amines is 1. The van der Waals surface area contributed by atoms with E-state index in [4.69, 9.17) is 0 Å². The smallest absolute Gasteiger partial charge is 0.322 e. The second-order valence-corrected chi connectivity index (χ2v) is 6.74. The van der Waals surface area contributed by atoms with Crippen molar-refractivity contribution in [2.45, 2.75) is 20.4 Å². The van der Waals surface area contributed by atoms with E-state index in [1.165, 1.54) is 0 Å². The first-order valence-corrected chi connectivity index (χ1v) is 8.88. The number of amides is 2. The molecule has 0 bridgehead atoms. The van der Waals surface area contributed by atoms with Crippen LogP contribution in [0.1, 0.15) is 18.1 Å². The number of rotatable bonds is 5. The Labute approximate surface area is 154 Å². The molecule has 1 heterocycles. The first kappa shape index (κ1) is 17.9. The highest BCUT2D eigenvalue weighted by Gasteiger charge is 2.13. The third kappa shape index (κ3) is 3.82. The fraction of sp³-hybridized carbons (Fsp3) is 0.286. The maximum Gasteiger partial charge on any atom is 0.322 e. The van der Waals surface area contributed by atoms with Gasteiger partial charge in [0, 0.05) is 50.3 Å². The highest BCUT2D eigenvalue weighted by atomic mass is 16.2. The zero-order chi connectivity index (χ0) is 18.7. The minimum Gasteiger partial charge on any atom is -0.377 e. The van der Waals surface area contributed by atoms with Crippen molar-refractivity contribution in [3.63, 3.8) is 0 Å². The van der Waals surface area contributed by atoms with Gasteiger partial charge in [-0.25, -0.2) is 4.79 Å². The van der Waals surface area contributed by atoms with Gasteiger partial charge in [0.2, 0.25) is 0 Å². The normalized spacial score (nSPS) is 10.8. The lowest BCUT2D eigenvalue weighted by atomic mass is 10.1. The summed E-state index contributed by atoms with van der Waals surface area (Å²) in [5, 5.41) is 4.18. The number of fused-ring (bicyclic) bond motifs is 1. The number of nitrogens with zero attached hydrogens (tertiary/aromatic N) is 2. The Bertz CT molecular complexity index is 913. The van der Waals surface area contributed by atoms with Gasteiger partial charge in [-0.15, -0.1) is 0 Å². The molecule has 0 aliphatic carbocycles. The monoisotopic (exact) mass is 350 g/mol. The van der Waals surface area contributed by atoms with E-state index in [-0.39, 0.29) is 6.03 Å². The van der Waals surface area contributed by atoms with Gasteiger partial charge in [0.25, 0.3) is 0 Å². The van der Waals surface area contributed by atoms with Crippen molar-refractivity contribution >= 4 is 28.3 Å². The predicted octanol–water partition coefficient (Wildman–Crippen LogP) is 4.60. The Balaban J connectivity index is 1.71. The summed E-state index contributed by atoms with van der Waals surface area (Å²) in [5.41, 5.74) is 5.33. The Hall–Kier alpha value is -2.95. The Kier molecular flexibility index (Phi) is 5.16. The number of benzene rings is 2. The van der Waals surface area contributed by atoms with Crippen LogP contribution in [0.3, 0.4) is 0 Å². The van der Waals surface area contributed by atoms with Crippen LogP contribution in [0.2, 0.25) is 0 Å². The van der Waals surface area contributed by atoms with Crippen LogP contribution >= 0.6 is 0 Å². The third-order valence-electron chi connectivity index (χ3n) is 4.59. The van der Waals surface area contributed by atoms with Crippen LogP contribution in [0.4, 0.5) is 16.2 Å². The number of urea groups is 1.